The zero-order valence-electron chi connectivity index (χ0n) is 7.72. The van der Waals surface area contributed by atoms with E-state index in [2.05, 4.69) is 11.1 Å². The van der Waals surface area contributed by atoms with Crippen LogP contribution in [0.3, 0.4) is 0 Å². The molecule has 0 fully saturated rings. The normalized spacial score (nSPS) is 11.2. The molecule has 0 bridgehead atoms. The van der Waals surface area contributed by atoms with Crippen LogP contribution >= 0.6 is 0 Å². The summed E-state index contributed by atoms with van der Waals surface area (Å²) in [4.78, 5) is 0. The third kappa shape index (κ3) is 1.35. The van der Waals surface area contributed by atoms with Gasteiger partial charge in [-0.15, -0.1) is 6.42 Å². The standard InChI is InChI=1S/C10H13NO/c1-5-9-8(7-12-11-9)10(3,4)6-2/h2,7H,5H2,1,3-4H3. The molecule has 0 radical (unpaired) electrons. The Hall–Kier alpha value is -1.23. The van der Waals surface area contributed by atoms with E-state index < -0.39 is 0 Å². The van der Waals surface area contributed by atoms with Crippen molar-refractivity contribution < 1.29 is 4.52 Å². The van der Waals surface area contributed by atoms with Gasteiger partial charge in [-0.1, -0.05) is 18.0 Å². The summed E-state index contributed by atoms with van der Waals surface area (Å²) in [6.07, 6.45) is 7.90. The first kappa shape index (κ1) is 8.86. The first-order valence-electron chi connectivity index (χ1n) is 4.03. The van der Waals surface area contributed by atoms with E-state index in [1.165, 1.54) is 0 Å². The number of rotatable bonds is 2. The van der Waals surface area contributed by atoms with E-state index in [0.717, 1.165) is 17.7 Å². The molecule has 0 aromatic carbocycles. The Morgan fingerprint density at radius 3 is 2.83 bits per heavy atom. The Bertz CT molecular complexity index is 304. The van der Waals surface area contributed by atoms with Crippen molar-refractivity contribution >= 4 is 0 Å². The van der Waals surface area contributed by atoms with Crippen molar-refractivity contribution in [2.24, 2.45) is 0 Å². The van der Waals surface area contributed by atoms with Crippen LogP contribution in [0, 0.1) is 12.3 Å². The second kappa shape index (κ2) is 3.02. The summed E-state index contributed by atoms with van der Waals surface area (Å²) in [5.74, 6) is 2.72. The molecule has 0 aliphatic heterocycles. The van der Waals surface area contributed by atoms with E-state index >= 15 is 0 Å². The van der Waals surface area contributed by atoms with Crippen LogP contribution in [0.4, 0.5) is 0 Å². The molecule has 1 heterocycles. The molecular formula is C10H13NO. The molecule has 0 spiro atoms. The number of nitrogens with zero attached hydrogens (tertiary/aromatic N) is 1. The van der Waals surface area contributed by atoms with Crippen LogP contribution in [0.25, 0.3) is 0 Å². The summed E-state index contributed by atoms with van der Waals surface area (Å²) >= 11 is 0. The second-order valence-electron chi connectivity index (χ2n) is 3.30. The number of hydrogen-bond donors (Lipinski definition) is 0. The lowest BCUT2D eigenvalue weighted by atomic mass is 9.85. The SMILES string of the molecule is C#CC(C)(C)c1conc1CC. The first-order chi connectivity index (χ1) is 5.61. The van der Waals surface area contributed by atoms with Gasteiger partial charge in [-0.05, 0) is 20.3 Å². The summed E-state index contributed by atoms with van der Waals surface area (Å²) in [7, 11) is 0. The van der Waals surface area contributed by atoms with Gasteiger partial charge in [-0.3, -0.25) is 0 Å². The monoisotopic (exact) mass is 163 g/mol. The highest BCUT2D eigenvalue weighted by molar-refractivity contribution is 5.32. The van der Waals surface area contributed by atoms with Crippen LogP contribution in [0.2, 0.25) is 0 Å². The smallest absolute Gasteiger partial charge is 0.128 e. The van der Waals surface area contributed by atoms with Crippen molar-refractivity contribution in [3.63, 3.8) is 0 Å². The predicted octanol–water partition coefficient (Wildman–Crippen LogP) is 2.15. The molecule has 0 N–H and O–H groups in total. The van der Waals surface area contributed by atoms with E-state index in [1.54, 1.807) is 6.26 Å². The van der Waals surface area contributed by atoms with Gasteiger partial charge in [0.1, 0.15) is 6.26 Å². The van der Waals surface area contributed by atoms with E-state index in [0.29, 0.717) is 0 Å². The van der Waals surface area contributed by atoms with Crippen molar-refractivity contribution in [3.05, 3.63) is 17.5 Å². The topological polar surface area (TPSA) is 26.0 Å². The molecule has 1 aromatic rings. The first-order valence-corrected chi connectivity index (χ1v) is 4.03. The maximum atomic E-state index is 5.40. The van der Waals surface area contributed by atoms with Crippen LogP contribution in [0.1, 0.15) is 32.0 Å². The lowest BCUT2D eigenvalue weighted by molar-refractivity contribution is 0.411. The van der Waals surface area contributed by atoms with Crippen LogP contribution < -0.4 is 0 Å². The van der Waals surface area contributed by atoms with Gasteiger partial charge in [-0.25, -0.2) is 0 Å². The zero-order chi connectivity index (χ0) is 9.19. The molecule has 2 heteroatoms. The summed E-state index contributed by atoms with van der Waals surface area (Å²) in [6.45, 7) is 6.01. The molecule has 0 atom stereocenters. The Balaban J connectivity index is 3.11. The highest BCUT2D eigenvalue weighted by Gasteiger charge is 2.23. The van der Waals surface area contributed by atoms with Gasteiger partial charge in [0.25, 0.3) is 0 Å². The van der Waals surface area contributed by atoms with Crippen molar-refractivity contribution in [1.82, 2.24) is 5.16 Å². The fraction of sp³-hybridized carbons (Fsp3) is 0.500. The highest BCUT2D eigenvalue weighted by atomic mass is 16.5. The summed E-state index contributed by atoms with van der Waals surface area (Å²) < 4.78 is 4.88. The van der Waals surface area contributed by atoms with Gasteiger partial charge in [0, 0.05) is 5.56 Å². The number of terminal acetylenes is 1. The van der Waals surface area contributed by atoms with Gasteiger partial charge in [0.05, 0.1) is 11.1 Å². The summed E-state index contributed by atoms with van der Waals surface area (Å²) in [6, 6.07) is 0. The number of hydrogen-bond acceptors (Lipinski definition) is 2. The third-order valence-electron chi connectivity index (χ3n) is 2.01. The number of aryl methyl sites for hydroxylation is 1. The van der Waals surface area contributed by atoms with Crippen LogP contribution in [0.15, 0.2) is 10.8 Å². The van der Waals surface area contributed by atoms with Crippen LogP contribution in [0.5, 0.6) is 0 Å². The van der Waals surface area contributed by atoms with Gasteiger partial charge in [-0.2, -0.15) is 0 Å². The van der Waals surface area contributed by atoms with Crippen molar-refractivity contribution in [1.29, 1.82) is 0 Å². The summed E-state index contributed by atoms with van der Waals surface area (Å²) in [5.41, 5.74) is 1.70. The van der Waals surface area contributed by atoms with E-state index in [4.69, 9.17) is 10.9 Å². The molecule has 0 aliphatic rings. The largest absolute Gasteiger partial charge is 0.364 e. The fourth-order valence-corrected chi connectivity index (χ4v) is 1.10. The average Bonchev–Trinajstić information content (AvgIpc) is 2.52. The minimum atomic E-state index is -0.272. The molecule has 0 unspecified atom stereocenters. The fourth-order valence-electron chi connectivity index (χ4n) is 1.10. The predicted molar refractivity (Wildman–Crippen MR) is 47.7 cm³/mol. The molecule has 2 nitrogen and oxygen atoms in total. The average molecular weight is 163 g/mol. The highest BCUT2D eigenvalue weighted by Crippen LogP contribution is 2.25. The molecule has 0 amide bonds. The Kier molecular flexibility index (Phi) is 2.23. The van der Waals surface area contributed by atoms with Gasteiger partial charge < -0.3 is 4.52 Å². The second-order valence-corrected chi connectivity index (χ2v) is 3.30. The van der Waals surface area contributed by atoms with E-state index in [9.17, 15) is 0 Å². The molecule has 1 rings (SSSR count). The summed E-state index contributed by atoms with van der Waals surface area (Å²) in [5, 5.41) is 3.88. The Morgan fingerprint density at radius 2 is 2.33 bits per heavy atom. The van der Waals surface area contributed by atoms with Crippen LogP contribution in [-0.2, 0) is 11.8 Å². The molecule has 0 saturated carbocycles. The van der Waals surface area contributed by atoms with Crippen molar-refractivity contribution in [3.8, 4) is 12.3 Å². The maximum Gasteiger partial charge on any atom is 0.128 e. The molecule has 0 saturated heterocycles. The molecule has 12 heavy (non-hydrogen) atoms. The van der Waals surface area contributed by atoms with Gasteiger partial charge >= 0.3 is 0 Å². The minimum Gasteiger partial charge on any atom is -0.364 e. The Labute approximate surface area is 73.0 Å². The molecule has 64 valence electrons. The van der Waals surface area contributed by atoms with Crippen molar-refractivity contribution in [2.45, 2.75) is 32.6 Å². The van der Waals surface area contributed by atoms with Crippen molar-refractivity contribution in [2.75, 3.05) is 0 Å². The van der Waals surface area contributed by atoms with Gasteiger partial charge in [0.15, 0.2) is 0 Å². The van der Waals surface area contributed by atoms with E-state index in [-0.39, 0.29) is 5.41 Å². The minimum absolute atomic E-state index is 0.272. The maximum absolute atomic E-state index is 5.40. The lowest BCUT2D eigenvalue weighted by Gasteiger charge is -2.15. The van der Waals surface area contributed by atoms with E-state index in [1.807, 2.05) is 20.8 Å². The molecule has 0 aliphatic carbocycles. The van der Waals surface area contributed by atoms with Crippen LogP contribution in [-0.4, -0.2) is 5.16 Å². The lowest BCUT2D eigenvalue weighted by Crippen LogP contribution is -2.14. The quantitative estimate of drug-likeness (QED) is 0.624. The third-order valence-corrected chi connectivity index (χ3v) is 2.01. The molecular weight excluding hydrogens is 150 g/mol. The zero-order valence-corrected chi connectivity index (χ0v) is 7.72. The number of aromatic nitrogens is 1. The van der Waals surface area contributed by atoms with Gasteiger partial charge in [0.2, 0.25) is 0 Å². The molecule has 1 aromatic heterocycles. The Morgan fingerprint density at radius 1 is 1.67 bits per heavy atom.